The fourth-order valence-corrected chi connectivity index (χ4v) is 2.28. The highest BCUT2D eigenvalue weighted by Gasteiger charge is 2.12. The number of carbonyl (C=O) groups is 1. The first-order valence-corrected chi connectivity index (χ1v) is 7.10. The number of hydrogen-bond acceptors (Lipinski definition) is 2. The van der Waals surface area contributed by atoms with E-state index in [1.807, 2.05) is 45.0 Å². The van der Waals surface area contributed by atoms with Crippen LogP contribution in [0.2, 0.25) is 0 Å². The summed E-state index contributed by atoms with van der Waals surface area (Å²) in [6, 6.07) is 8.24. The molecule has 2 N–H and O–H groups in total. The summed E-state index contributed by atoms with van der Waals surface area (Å²) in [4.78, 5) is 11.8. The van der Waals surface area contributed by atoms with E-state index in [0.29, 0.717) is 6.42 Å². The molecule has 0 heterocycles. The lowest BCUT2D eigenvalue weighted by molar-refractivity contribution is -0.122. The van der Waals surface area contributed by atoms with Gasteiger partial charge < -0.3 is 10.6 Å². The van der Waals surface area contributed by atoms with Crippen molar-refractivity contribution >= 4 is 21.8 Å². The zero-order valence-electron chi connectivity index (χ0n) is 11.2. The Balaban J connectivity index is 2.49. The molecule has 0 spiro atoms. The molecule has 1 aromatic carbocycles. The number of benzene rings is 1. The predicted molar refractivity (Wildman–Crippen MR) is 78.5 cm³/mol. The molecule has 0 radical (unpaired) electrons. The molecule has 18 heavy (non-hydrogen) atoms. The lowest BCUT2D eigenvalue weighted by Crippen LogP contribution is -2.34. The van der Waals surface area contributed by atoms with Crippen LogP contribution >= 0.6 is 15.9 Å². The van der Waals surface area contributed by atoms with Crippen LogP contribution < -0.4 is 10.6 Å². The molecule has 0 fully saturated rings. The van der Waals surface area contributed by atoms with Crippen LogP contribution in [0.5, 0.6) is 0 Å². The van der Waals surface area contributed by atoms with Crippen LogP contribution in [0.15, 0.2) is 28.7 Å². The highest BCUT2D eigenvalue weighted by Crippen LogP contribution is 2.17. The zero-order chi connectivity index (χ0) is 13.5. The smallest absolute Gasteiger partial charge is 0.222 e. The second-order valence-corrected chi connectivity index (χ2v) is 5.42. The van der Waals surface area contributed by atoms with Crippen molar-refractivity contribution in [1.82, 2.24) is 10.6 Å². The molecule has 0 saturated heterocycles. The molecule has 1 rings (SSSR count). The van der Waals surface area contributed by atoms with E-state index < -0.39 is 0 Å². The van der Waals surface area contributed by atoms with Crippen molar-refractivity contribution in [2.45, 2.75) is 39.3 Å². The maximum Gasteiger partial charge on any atom is 0.222 e. The fourth-order valence-electron chi connectivity index (χ4n) is 1.86. The van der Waals surface area contributed by atoms with E-state index in [9.17, 15) is 4.79 Å². The van der Waals surface area contributed by atoms with E-state index in [-0.39, 0.29) is 18.0 Å². The Bertz CT molecular complexity index is 395. The summed E-state index contributed by atoms with van der Waals surface area (Å²) in [6.45, 7) is 6.94. The lowest BCUT2D eigenvalue weighted by atomic mass is 10.1. The number of hydrogen-bond donors (Lipinski definition) is 2. The molecule has 0 aliphatic heterocycles. The molecule has 100 valence electrons. The van der Waals surface area contributed by atoms with Crippen molar-refractivity contribution in [3.8, 4) is 0 Å². The third-order valence-corrected chi connectivity index (χ3v) is 3.26. The standard InChI is InChI=1S/C14H21BrN2O/c1-4-16-10(2)8-14(18)17-11(3)12-6-5-7-13(15)9-12/h5-7,9-11,16H,4,8H2,1-3H3,(H,17,18). The van der Waals surface area contributed by atoms with Crippen molar-refractivity contribution in [3.05, 3.63) is 34.3 Å². The quantitative estimate of drug-likeness (QED) is 0.847. The summed E-state index contributed by atoms with van der Waals surface area (Å²) >= 11 is 3.43. The number of amides is 1. The van der Waals surface area contributed by atoms with Gasteiger partial charge in [0.05, 0.1) is 6.04 Å². The number of nitrogens with one attached hydrogen (secondary N) is 2. The van der Waals surface area contributed by atoms with E-state index in [1.165, 1.54) is 0 Å². The van der Waals surface area contributed by atoms with Crippen LogP contribution in [0.25, 0.3) is 0 Å². The Morgan fingerprint density at radius 1 is 1.39 bits per heavy atom. The summed E-state index contributed by atoms with van der Waals surface area (Å²) in [5, 5.41) is 6.24. The Morgan fingerprint density at radius 2 is 2.11 bits per heavy atom. The SMILES string of the molecule is CCNC(C)CC(=O)NC(C)c1cccc(Br)c1. The van der Waals surface area contributed by atoms with Gasteiger partial charge in [-0.25, -0.2) is 0 Å². The minimum atomic E-state index is 0.0313. The van der Waals surface area contributed by atoms with E-state index >= 15 is 0 Å². The first-order chi connectivity index (χ1) is 8.52. The van der Waals surface area contributed by atoms with Crippen LogP contribution in [0.3, 0.4) is 0 Å². The van der Waals surface area contributed by atoms with Crippen molar-refractivity contribution in [1.29, 1.82) is 0 Å². The predicted octanol–water partition coefficient (Wildman–Crippen LogP) is 3.01. The van der Waals surface area contributed by atoms with Crippen LogP contribution in [-0.4, -0.2) is 18.5 Å². The van der Waals surface area contributed by atoms with Crippen molar-refractivity contribution in [3.63, 3.8) is 0 Å². The minimum Gasteiger partial charge on any atom is -0.350 e. The van der Waals surface area contributed by atoms with Gasteiger partial charge in [0, 0.05) is 16.9 Å². The normalized spacial score (nSPS) is 14.0. The van der Waals surface area contributed by atoms with Crippen LogP contribution in [0.1, 0.15) is 38.8 Å². The van der Waals surface area contributed by atoms with Crippen molar-refractivity contribution < 1.29 is 4.79 Å². The second-order valence-electron chi connectivity index (χ2n) is 4.51. The lowest BCUT2D eigenvalue weighted by Gasteiger charge is -2.17. The van der Waals surface area contributed by atoms with Gasteiger partial charge in [-0.1, -0.05) is 35.0 Å². The van der Waals surface area contributed by atoms with Crippen molar-refractivity contribution in [2.24, 2.45) is 0 Å². The van der Waals surface area contributed by atoms with Crippen molar-refractivity contribution in [2.75, 3.05) is 6.54 Å². The van der Waals surface area contributed by atoms with Gasteiger partial charge in [0.1, 0.15) is 0 Å². The monoisotopic (exact) mass is 312 g/mol. The van der Waals surface area contributed by atoms with Gasteiger partial charge in [-0.3, -0.25) is 4.79 Å². The summed E-state index contributed by atoms with van der Waals surface area (Å²) in [7, 11) is 0. The maximum absolute atomic E-state index is 11.8. The minimum absolute atomic E-state index is 0.0313. The molecule has 0 aromatic heterocycles. The second kappa shape index (κ2) is 7.54. The van der Waals surface area contributed by atoms with E-state index in [0.717, 1.165) is 16.6 Å². The molecule has 0 bridgehead atoms. The van der Waals surface area contributed by atoms with Gasteiger partial charge in [-0.15, -0.1) is 0 Å². The van der Waals surface area contributed by atoms with E-state index in [4.69, 9.17) is 0 Å². The molecule has 0 saturated carbocycles. The van der Waals surface area contributed by atoms with E-state index in [2.05, 4.69) is 26.6 Å². The highest BCUT2D eigenvalue weighted by molar-refractivity contribution is 9.10. The third kappa shape index (κ3) is 5.19. The average molecular weight is 313 g/mol. The molecule has 2 unspecified atom stereocenters. The summed E-state index contributed by atoms with van der Waals surface area (Å²) < 4.78 is 1.03. The Morgan fingerprint density at radius 3 is 2.72 bits per heavy atom. The molecule has 1 amide bonds. The first kappa shape index (κ1) is 15.2. The Kier molecular flexibility index (Phi) is 6.36. The molecule has 0 aliphatic rings. The molecule has 3 nitrogen and oxygen atoms in total. The van der Waals surface area contributed by atoms with Gasteiger partial charge in [-0.05, 0) is 38.1 Å². The van der Waals surface area contributed by atoms with Gasteiger partial charge in [0.2, 0.25) is 5.91 Å². The molecular weight excluding hydrogens is 292 g/mol. The number of carbonyl (C=O) groups excluding carboxylic acids is 1. The van der Waals surface area contributed by atoms with Crippen LogP contribution in [0, 0.1) is 0 Å². The average Bonchev–Trinajstić information content (AvgIpc) is 2.28. The third-order valence-electron chi connectivity index (χ3n) is 2.77. The molecule has 2 atom stereocenters. The fraction of sp³-hybridized carbons (Fsp3) is 0.500. The van der Waals surface area contributed by atoms with E-state index in [1.54, 1.807) is 0 Å². The first-order valence-electron chi connectivity index (χ1n) is 6.31. The summed E-state index contributed by atoms with van der Waals surface area (Å²) in [5.74, 6) is 0.0796. The molecule has 4 heteroatoms. The summed E-state index contributed by atoms with van der Waals surface area (Å²) in [6.07, 6.45) is 0.506. The molecule has 0 aliphatic carbocycles. The Hall–Kier alpha value is -0.870. The topological polar surface area (TPSA) is 41.1 Å². The van der Waals surface area contributed by atoms with Gasteiger partial charge >= 0.3 is 0 Å². The van der Waals surface area contributed by atoms with Crippen LogP contribution in [0.4, 0.5) is 0 Å². The zero-order valence-corrected chi connectivity index (χ0v) is 12.8. The highest BCUT2D eigenvalue weighted by atomic mass is 79.9. The molecular formula is C14H21BrN2O. The number of halogens is 1. The molecule has 1 aromatic rings. The van der Waals surface area contributed by atoms with Crippen LogP contribution in [-0.2, 0) is 4.79 Å². The van der Waals surface area contributed by atoms with Gasteiger partial charge in [0.15, 0.2) is 0 Å². The maximum atomic E-state index is 11.8. The number of rotatable bonds is 6. The largest absolute Gasteiger partial charge is 0.350 e. The van der Waals surface area contributed by atoms with Gasteiger partial charge in [0.25, 0.3) is 0 Å². The summed E-state index contributed by atoms with van der Waals surface area (Å²) in [5.41, 5.74) is 1.11. The Labute approximate surface area is 117 Å². The van der Waals surface area contributed by atoms with Gasteiger partial charge in [-0.2, -0.15) is 0 Å².